The molecule has 0 aliphatic carbocycles. The van der Waals surface area contributed by atoms with E-state index in [1.807, 2.05) is 0 Å². The molecule has 0 unspecified atom stereocenters. The van der Waals surface area contributed by atoms with Crippen LogP contribution in [0.25, 0.3) is 5.57 Å². The molecule has 0 amide bonds. The summed E-state index contributed by atoms with van der Waals surface area (Å²) in [7, 11) is 0. The van der Waals surface area contributed by atoms with Crippen molar-refractivity contribution in [3.05, 3.63) is 88.4 Å². The third-order valence-corrected chi connectivity index (χ3v) is 6.14. The Morgan fingerprint density at radius 3 is 1.84 bits per heavy atom. The second-order valence-electron chi connectivity index (χ2n) is 7.29. The molecule has 5 nitrogen and oxygen atoms in total. The minimum Gasteiger partial charge on any atom is -0.481 e. The number of para-hydroxylation sites is 2. The van der Waals surface area contributed by atoms with Gasteiger partial charge in [0.2, 0.25) is 0 Å². The molecule has 0 saturated carbocycles. The smallest absolute Gasteiger partial charge is 0.481 e. The standard InChI is InChI=1S/C25H17BrF6O5S/c26-19-13-15(9-10-22(19)35-14-23(33)34)38-12-11-16(17-5-1-3-7-20(17)36-24(27,28)29)18-6-2-4-8-21(18)37-25(30,31)32/h1-11,13H,12,14H2,(H,33,34). The average Bonchev–Trinajstić information content (AvgIpc) is 2.80. The molecular formula is C25H17BrF6O5S. The quantitative estimate of drug-likeness (QED) is 0.183. The largest absolute Gasteiger partial charge is 0.573 e. The number of thioether (sulfide) groups is 1. The first-order valence-corrected chi connectivity index (χ1v) is 12.3. The molecule has 0 aliphatic rings. The number of carboxylic acid groups (broad SMARTS) is 1. The number of hydrogen-bond donors (Lipinski definition) is 1. The lowest BCUT2D eigenvalue weighted by atomic mass is 9.96. The lowest BCUT2D eigenvalue weighted by molar-refractivity contribution is -0.275. The molecular weight excluding hydrogens is 606 g/mol. The number of hydrogen-bond acceptors (Lipinski definition) is 5. The van der Waals surface area contributed by atoms with Crippen LogP contribution < -0.4 is 14.2 Å². The van der Waals surface area contributed by atoms with E-state index in [-0.39, 0.29) is 28.2 Å². The Labute approximate surface area is 225 Å². The first-order valence-electron chi connectivity index (χ1n) is 10.5. The summed E-state index contributed by atoms with van der Waals surface area (Å²) >= 11 is 4.49. The maximum absolute atomic E-state index is 13.1. The molecule has 3 aromatic carbocycles. The van der Waals surface area contributed by atoms with Gasteiger partial charge in [0, 0.05) is 21.8 Å². The van der Waals surface area contributed by atoms with Gasteiger partial charge in [-0.25, -0.2) is 4.79 Å². The highest BCUT2D eigenvalue weighted by molar-refractivity contribution is 9.10. The van der Waals surface area contributed by atoms with Crippen LogP contribution in [0.5, 0.6) is 17.2 Å². The highest BCUT2D eigenvalue weighted by Gasteiger charge is 2.34. The first kappa shape index (κ1) is 29.2. The molecule has 13 heteroatoms. The van der Waals surface area contributed by atoms with Gasteiger partial charge in [-0.3, -0.25) is 0 Å². The van der Waals surface area contributed by atoms with Crippen LogP contribution in [0.3, 0.4) is 0 Å². The first-order chi connectivity index (χ1) is 17.8. The molecule has 202 valence electrons. The van der Waals surface area contributed by atoms with Crippen molar-refractivity contribution in [1.29, 1.82) is 0 Å². The molecule has 38 heavy (non-hydrogen) atoms. The maximum Gasteiger partial charge on any atom is 0.573 e. The minimum atomic E-state index is -5.03. The number of ether oxygens (including phenoxy) is 3. The van der Waals surface area contributed by atoms with Crippen LogP contribution in [-0.4, -0.2) is 36.2 Å². The summed E-state index contributed by atoms with van der Waals surface area (Å²) in [5.74, 6) is -1.94. The normalized spacial score (nSPS) is 11.6. The van der Waals surface area contributed by atoms with Crippen LogP contribution in [0.15, 0.2) is 82.2 Å². The summed E-state index contributed by atoms with van der Waals surface area (Å²) in [6.07, 6.45) is -8.60. The zero-order valence-electron chi connectivity index (χ0n) is 19.0. The van der Waals surface area contributed by atoms with Gasteiger partial charge < -0.3 is 19.3 Å². The van der Waals surface area contributed by atoms with E-state index in [1.165, 1.54) is 60.3 Å². The zero-order chi connectivity index (χ0) is 27.9. The Kier molecular flexibility index (Phi) is 9.60. The fourth-order valence-electron chi connectivity index (χ4n) is 3.22. The highest BCUT2D eigenvalue weighted by Crippen LogP contribution is 2.40. The second kappa shape index (κ2) is 12.5. The number of benzene rings is 3. The second-order valence-corrected chi connectivity index (χ2v) is 9.24. The van der Waals surface area contributed by atoms with E-state index in [9.17, 15) is 31.1 Å². The SMILES string of the molecule is O=C(O)COc1ccc(SCC=C(c2ccccc2OC(F)(F)F)c2ccccc2OC(F)(F)F)cc1Br. The van der Waals surface area contributed by atoms with Gasteiger partial charge in [-0.15, -0.1) is 38.1 Å². The van der Waals surface area contributed by atoms with Gasteiger partial charge >= 0.3 is 18.7 Å². The van der Waals surface area contributed by atoms with Crippen LogP contribution >= 0.6 is 27.7 Å². The number of carboxylic acids is 1. The molecule has 0 spiro atoms. The summed E-state index contributed by atoms with van der Waals surface area (Å²) in [4.78, 5) is 11.4. The van der Waals surface area contributed by atoms with E-state index in [1.54, 1.807) is 12.1 Å². The van der Waals surface area contributed by atoms with Crippen molar-refractivity contribution in [3.63, 3.8) is 0 Å². The molecule has 1 N–H and O–H groups in total. The highest BCUT2D eigenvalue weighted by atomic mass is 79.9. The summed E-state index contributed by atoms with van der Waals surface area (Å²) in [5.41, 5.74) is -0.165. The average molecular weight is 623 g/mol. The Bertz CT molecular complexity index is 1250. The number of alkyl halides is 6. The van der Waals surface area contributed by atoms with Crippen LogP contribution in [0, 0.1) is 0 Å². The van der Waals surface area contributed by atoms with E-state index in [0.717, 1.165) is 12.1 Å². The summed E-state index contributed by atoms with van der Waals surface area (Å²) in [6, 6.07) is 15.0. The summed E-state index contributed by atoms with van der Waals surface area (Å²) < 4.78 is 92.3. The molecule has 0 bridgehead atoms. The van der Waals surface area contributed by atoms with Gasteiger partial charge in [0.05, 0.1) is 4.47 Å². The number of halogens is 7. The molecule has 3 rings (SSSR count). The predicted octanol–water partition coefficient (Wildman–Crippen LogP) is 7.93. The number of carbonyl (C=O) groups is 1. The van der Waals surface area contributed by atoms with Gasteiger partial charge in [0.1, 0.15) is 17.2 Å². The fourth-order valence-corrected chi connectivity index (χ4v) is 4.67. The molecule has 0 radical (unpaired) electrons. The van der Waals surface area contributed by atoms with Crippen LogP contribution in [0.1, 0.15) is 11.1 Å². The summed E-state index contributed by atoms with van der Waals surface area (Å²) in [6.45, 7) is -0.546. The lowest BCUT2D eigenvalue weighted by Gasteiger charge is -2.19. The molecule has 0 fully saturated rings. The lowest BCUT2D eigenvalue weighted by Crippen LogP contribution is -2.19. The van der Waals surface area contributed by atoms with Crippen LogP contribution in [0.2, 0.25) is 0 Å². The minimum absolute atomic E-state index is 0.0256. The van der Waals surface area contributed by atoms with Gasteiger partial charge in [-0.1, -0.05) is 42.5 Å². The van der Waals surface area contributed by atoms with Crippen molar-refractivity contribution < 1.29 is 50.5 Å². The fraction of sp³-hybridized carbons (Fsp3) is 0.160. The maximum atomic E-state index is 13.1. The Hall–Kier alpha value is -3.32. The molecule has 0 aliphatic heterocycles. The monoisotopic (exact) mass is 622 g/mol. The van der Waals surface area contributed by atoms with Crippen molar-refractivity contribution in [2.45, 2.75) is 17.6 Å². The van der Waals surface area contributed by atoms with Gasteiger partial charge in [-0.05, 0) is 51.8 Å². The molecule has 0 aromatic heterocycles. The van der Waals surface area contributed by atoms with Crippen molar-refractivity contribution in [3.8, 4) is 17.2 Å². The topological polar surface area (TPSA) is 65.0 Å². The van der Waals surface area contributed by atoms with Gasteiger partial charge in [0.25, 0.3) is 0 Å². The predicted molar refractivity (Wildman–Crippen MR) is 131 cm³/mol. The van der Waals surface area contributed by atoms with Crippen molar-refractivity contribution in [2.24, 2.45) is 0 Å². The zero-order valence-corrected chi connectivity index (χ0v) is 21.4. The van der Waals surface area contributed by atoms with Crippen LogP contribution in [-0.2, 0) is 4.79 Å². The van der Waals surface area contributed by atoms with Crippen molar-refractivity contribution in [2.75, 3.05) is 12.4 Å². The Balaban J connectivity index is 1.99. The summed E-state index contributed by atoms with van der Waals surface area (Å²) in [5, 5.41) is 8.75. The van der Waals surface area contributed by atoms with E-state index in [4.69, 9.17) is 9.84 Å². The molecule has 0 heterocycles. The third kappa shape index (κ3) is 8.91. The van der Waals surface area contributed by atoms with E-state index < -0.39 is 36.8 Å². The van der Waals surface area contributed by atoms with Gasteiger partial charge in [0.15, 0.2) is 6.61 Å². The third-order valence-electron chi connectivity index (χ3n) is 4.60. The van der Waals surface area contributed by atoms with E-state index in [0.29, 0.717) is 9.37 Å². The number of aliphatic carboxylic acids is 1. The van der Waals surface area contributed by atoms with E-state index in [2.05, 4.69) is 25.4 Å². The molecule has 0 atom stereocenters. The van der Waals surface area contributed by atoms with Crippen LogP contribution in [0.4, 0.5) is 26.3 Å². The van der Waals surface area contributed by atoms with Gasteiger partial charge in [-0.2, -0.15) is 0 Å². The van der Waals surface area contributed by atoms with E-state index >= 15 is 0 Å². The van der Waals surface area contributed by atoms with Crippen molar-refractivity contribution >= 4 is 39.2 Å². The Morgan fingerprint density at radius 2 is 1.37 bits per heavy atom. The van der Waals surface area contributed by atoms with Crippen molar-refractivity contribution in [1.82, 2.24) is 0 Å². The Morgan fingerprint density at radius 1 is 0.842 bits per heavy atom. The number of rotatable bonds is 10. The molecule has 0 saturated heterocycles. The molecule has 3 aromatic rings.